The van der Waals surface area contributed by atoms with Crippen LogP contribution in [0.2, 0.25) is 33.2 Å². The Labute approximate surface area is 161 Å². The van der Waals surface area contributed by atoms with Crippen LogP contribution < -0.4 is 0 Å². The minimum Gasteiger partial charge on any atom is -0.409 e. The summed E-state index contributed by atoms with van der Waals surface area (Å²) in [5.41, 5.74) is 3.80. The molecule has 0 aromatic heterocycles. The summed E-state index contributed by atoms with van der Waals surface area (Å²) in [6, 6.07) is 0. The molecule has 0 radical (unpaired) electrons. The fourth-order valence-corrected chi connectivity index (χ4v) is 16.3. The maximum atomic E-state index is 6.87. The van der Waals surface area contributed by atoms with Crippen LogP contribution in [-0.4, -0.2) is 28.9 Å². The van der Waals surface area contributed by atoms with Gasteiger partial charge in [0.2, 0.25) is 8.32 Å². The van der Waals surface area contributed by atoms with E-state index >= 15 is 0 Å². The number of hydrogen-bond acceptors (Lipinski definition) is 2. The molecule has 2 nitrogen and oxygen atoms in total. The van der Waals surface area contributed by atoms with Crippen molar-refractivity contribution < 1.29 is 4.43 Å². The van der Waals surface area contributed by atoms with Crippen molar-refractivity contribution in [2.24, 2.45) is 4.66 Å². The van der Waals surface area contributed by atoms with Crippen LogP contribution in [0.1, 0.15) is 90.0 Å². The molecule has 25 heavy (non-hydrogen) atoms. The van der Waals surface area contributed by atoms with E-state index in [4.69, 9.17) is 9.08 Å². The van der Waals surface area contributed by atoms with E-state index in [2.05, 4.69) is 96.2 Å². The first-order chi connectivity index (χ1) is 11.3. The third kappa shape index (κ3) is 5.29. The maximum Gasteiger partial charge on any atom is 0.201 e. The highest BCUT2D eigenvalue weighted by Gasteiger charge is 2.46. The highest BCUT2D eigenvalue weighted by Crippen LogP contribution is 2.44. The Kier molecular flexibility index (Phi) is 9.87. The second-order valence-electron chi connectivity index (χ2n) is 9.77. The van der Waals surface area contributed by atoms with Gasteiger partial charge in [0.15, 0.2) is 8.24 Å². The number of rotatable bonds is 10. The van der Waals surface area contributed by atoms with Crippen molar-refractivity contribution in [1.82, 2.24) is 0 Å². The summed E-state index contributed by atoms with van der Waals surface area (Å²) in [5, 5.41) is 0. The van der Waals surface area contributed by atoms with Gasteiger partial charge in [-0.25, -0.2) is 0 Å². The average molecular weight is 386 g/mol. The lowest BCUT2D eigenvalue weighted by Gasteiger charge is -2.44. The Hall–Kier alpha value is 0.0638. The van der Waals surface area contributed by atoms with Crippen molar-refractivity contribution in [3.8, 4) is 0 Å². The van der Waals surface area contributed by atoms with E-state index < -0.39 is 16.6 Å². The molecule has 150 valence electrons. The molecule has 1 atom stereocenters. The SMILES string of the molecule is CC(/C=N/[Si](C(C)C)(C(C)C)C(C)C)O[Si](C(C)C)(C(C)C)C(C)C. The summed E-state index contributed by atoms with van der Waals surface area (Å²) in [6.45, 7) is 30.5. The summed E-state index contributed by atoms with van der Waals surface area (Å²) >= 11 is 0. The van der Waals surface area contributed by atoms with Crippen LogP contribution >= 0.6 is 0 Å². The molecule has 0 N–H and O–H groups in total. The fourth-order valence-electron chi connectivity index (χ4n) is 5.44. The first kappa shape index (κ1) is 25.1. The van der Waals surface area contributed by atoms with Crippen LogP contribution in [0.15, 0.2) is 4.66 Å². The molecule has 0 aliphatic carbocycles. The smallest absolute Gasteiger partial charge is 0.201 e. The van der Waals surface area contributed by atoms with Gasteiger partial charge >= 0.3 is 0 Å². The van der Waals surface area contributed by atoms with Gasteiger partial charge in [-0.1, -0.05) is 83.1 Å². The van der Waals surface area contributed by atoms with Crippen molar-refractivity contribution in [2.45, 2.75) is 129 Å². The van der Waals surface area contributed by atoms with Gasteiger partial charge < -0.3 is 9.08 Å². The molecule has 0 heterocycles. The van der Waals surface area contributed by atoms with Crippen molar-refractivity contribution in [2.75, 3.05) is 0 Å². The van der Waals surface area contributed by atoms with Crippen LogP contribution in [0, 0.1) is 0 Å². The van der Waals surface area contributed by atoms with Gasteiger partial charge in [0.25, 0.3) is 0 Å². The first-order valence-electron chi connectivity index (χ1n) is 10.5. The van der Waals surface area contributed by atoms with Gasteiger partial charge in [-0.2, -0.15) is 0 Å². The average Bonchev–Trinajstić information content (AvgIpc) is 2.42. The Bertz CT molecular complexity index is 371. The minimum absolute atomic E-state index is 0.113. The van der Waals surface area contributed by atoms with Gasteiger partial charge in [0.1, 0.15) is 0 Å². The van der Waals surface area contributed by atoms with Crippen LogP contribution in [0.5, 0.6) is 0 Å². The van der Waals surface area contributed by atoms with Gasteiger partial charge in [-0.05, 0) is 40.2 Å². The standard InChI is InChI=1S/C21H47NOSi2/c1-15(2)24(16(3)4,17(5)6)22-14-21(13)23-25(18(7)8,19(9)10)20(11)12/h14-21H,1-13H3/b22-14+. The van der Waals surface area contributed by atoms with E-state index in [0.717, 1.165) is 0 Å². The highest BCUT2D eigenvalue weighted by atomic mass is 28.4. The lowest BCUT2D eigenvalue weighted by molar-refractivity contribution is 0.253. The minimum atomic E-state index is -1.84. The molecule has 0 aliphatic heterocycles. The summed E-state index contributed by atoms with van der Waals surface area (Å²) in [6.07, 6.45) is 2.29. The van der Waals surface area contributed by atoms with Crippen molar-refractivity contribution in [3.63, 3.8) is 0 Å². The van der Waals surface area contributed by atoms with Gasteiger partial charge in [-0.15, -0.1) is 0 Å². The molecule has 0 spiro atoms. The molecule has 1 unspecified atom stereocenters. The van der Waals surface area contributed by atoms with E-state index in [9.17, 15) is 0 Å². The topological polar surface area (TPSA) is 21.6 Å². The van der Waals surface area contributed by atoms with E-state index in [-0.39, 0.29) is 6.10 Å². The second-order valence-corrected chi connectivity index (χ2v) is 20.7. The second kappa shape index (κ2) is 9.84. The third-order valence-electron chi connectivity index (χ3n) is 6.38. The summed E-state index contributed by atoms with van der Waals surface area (Å²) in [4.78, 5) is 0. The maximum absolute atomic E-state index is 6.87. The molecular formula is C21H47NOSi2. The molecule has 0 rings (SSSR count). The van der Waals surface area contributed by atoms with Crippen molar-refractivity contribution in [3.05, 3.63) is 0 Å². The molecule has 0 fully saturated rings. The summed E-state index contributed by atoms with van der Waals surface area (Å²) < 4.78 is 12.2. The monoisotopic (exact) mass is 385 g/mol. The van der Waals surface area contributed by atoms with Gasteiger partial charge in [0, 0.05) is 6.21 Å². The van der Waals surface area contributed by atoms with Crippen molar-refractivity contribution >= 4 is 22.8 Å². The Morgan fingerprint density at radius 3 is 1.12 bits per heavy atom. The first-order valence-corrected chi connectivity index (χ1v) is 14.8. The van der Waals surface area contributed by atoms with Crippen LogP contribution in [-0.2, 0) is 4.43 Å². The van der Waals surface area contributed by atoms with Crippen molar-refractivity contribution in [1.29, 1.82) is 0 Å². The summed E-state index contributed by atoms with van der Waals surface area (Å²) in [5.74, 6) is 0. The van der Waals surface area contributed by atoms with Crippen LogP contribution in [0.25, 0.3) is 0 Å². The predicted molar refractivity (Wildman–Crippen MR) is 121 cm³/mol. The zero-order valence-electron chi connectivity index (χ0n) is 19.5. The molecule has 0 saturated heterocycles. The highest BCUT2D eigenvalue weighted by molar-refractivity contribution is 6.82. The summed E-state index contributed by atoms with van der Waals surface area (Å²) in [7, 11) is -3.59. The third-order valence-corrected chi connectivity index (χ3v) is 18.7. The lowest BCUT2D eigenvalue weighted by Crippen LogP contribution is -2.50. The van der Waals surface area contributed by atoms with E-state index in [1.165, 1.54) is 0 Å². The predicted octanol–water partition coefficient (Wildman–Crippen LogP) is 7.81. The quantitative estimate of drug-likeness (QED) is 0.277. The molecule has 0 amide bonds. The van der Waals surface area contributed by atoms with Crippen LogP contribution in [0.4, 0.5) is 0 Å². The number of nitrogens with zero attached hydrogens (tertiary/aromatic N) is 1. The normalized spacial score (nSPS) is 15.8. The van der Waals surface area contributed by atoms with Gasteiger partial charge in [0.05, 0.1) is 6.10 Å². The zero-order chi connectivity index (χ0) is 20.2. The lowest BCUT2D eigenvalue weighted by atomic mass is 10.5. The molecular weight excluding hydrogens is 338 g/mol. The largest absolute Gasteiger partial charge is 0.409 e. The fraction of sp³-hybridized carbons (Fsp3) is 0.952. The Balaban J connectivity index is 5.68. The Morgan fingerprint density at radius 1 is 0.560 bits per heavy atom. The Morgan fingerprint density at radius 2 is 0.880 bits per heavy atom. The zero-order valence-corrected chi connectivity index (χ0v) is 21.5. The van der Waals surface area contributed by atoms with E-state index in [1.807, 2.05) is 0 Å². The molecule has 0 aromatic carbocycles. The molecule has 0 aromatic rings. The molecule has 4 heteroatoms. The van der Waals surface area contributed by atoms with Gasteiger partial charge in [-0.3, -0.25) is 0 Å². The van der Waals surface area contributed by atoms with Crippen LogP contribution in [0.3, 0.4) is 0 Å². The van der Waals surface area contributed by atoms with E-state index in [1.54, 1.807) is 0 Å². The molecule has 0 bridgehead atoms. The molecule has 0 saturated carbocycles. The van der Waals surface area contributed by atoms with E-state index in [0.29, 0.717) is 33.2 Å². The molecule has 0 aliphatic rings. The number of hydrogen-bond donors (Lipinski definition) is 0.